The Hall–Kier alpha value is -1.92. The van der Waals surface area contributed by atoms with Crippen molar-refractivity contribution in [1.82, 2.24) is 5.32 Å². The molecule has 0 spiro atoms. The summed E-state index contributed by atoms with van der Waals surface area (Å²) in [4.78, 5) is 24.5. The van der Waals surface area contributed by atoms with E-state index in [-0.39, 0.29) is 18.2 Å². The molecule has 3 aliphatic carbocycles. The van der Waals surface area contributed by atoms with Gasteiger partial charge in [0, 0.05) is 18.0 Å². The van der Waals surface area contributed by atoms with E-state index in [1.54, 1.807) is 6.07 Å². The monoisotopic (exact) mass is 386 g/mol. The van der Waals surface area contributed by atoms with E-state index in [2.05, 4.69) is 5.32 Å². The number of nitrogens with one attached hydrogen (secondary N) is 1. The highest BCUT2D eigenvalue weighted by molar-refractivity contribution is 5.98. The second kappa shape index (κ2) is 6.56. The summed E-state index contributed by atoms with van der Waals surface area (Å²) in [6.07, 6.45) is 3.06. The third kappa shape index (κ3) is 2.47. The minimum Gasteiger partial charge on any atom is -0.480 e. The zero-order valence-electron chi connectivity index (χ0n) is 16.9. The summed E-state index contributed by atoms with van der Waals surface area (Å²) in [7, 11) is 0. The van der Waals surface area contributed by atoms with Gasteiger partial charge in [0.2, 0.25) is 0 Å². The Morgan fingerprint density at radius 1 is 1.36 bits per heavy atom. The Morgan fingerprint density at radius 3 is 2.71 bits per heavy atom. The van der Waals surface area contributed by atoms with E-state index in [0.717, 1.165) is 17.7 Å². The molecule has 0 bridgehead atoms. The molecule has 6 heteroatoms. The van der Waals surface area contributed by atoms with E-state index in [9.17, 15) is 14.7 Å². The molecule has 6 nitrogen and oxygen atoms in total. The third-order valence-electron chi connectivity index (χ3n) is 7.08. The molecule has 1 aromatic rings. The number of primary amides is 1. The van der Waals surface area contributed by atoms with Gasteiger partial charge in [0.05, 0.1) is 16.6 Å². The van der Waals surface area contributed by atoms with Gasteiger partial charge < -0.3 is 20.9 Å². The van der Waals surface area contributed by atoms with Gasteiger partial charge >= 0.3 is 0 Å². The molecule has 4 aliphatic rings. The summed E-state index contributed by atoms with van der Waals surface area (Å²) in [5.74, 6) is 0.505. The van der Waals surface area contributed by atoms with E-state index < -0.39 is 23.0 Å². The van der Waals surface area contributed by atoms with Crippen LogP contribution in [-0.4, -0.2) is 41.1 Å². The number of benzene rings is 1. The van der Waals surface area contributed by atoms with Crippen molar-refractivity contribution in [3.05, 3.63) is 28.8 Å². The molecule has 1 heterocycles. The fraction of sp³-hybridized carbons (Fsp3) is 0.636. The summed E-state index contributed by atoms with van der Waals surface area (Å²) in [6, 6.07) is 3.45. The average Bonchev–Trinajstić information content (AvgIpc) is 3.44. The van der Waals surface area contributed by atoms with E-state index >= 15 is 0 Å². The van der Waals surface area contributed by atoms with Crippen molar-refractivity contribution in [3.8, 4) is 5.75 Å². The lowest BCUT2D eigenvalue weighted by Gasteiger charge is -2.55. The first-order valence-corrected chi connectivity index (χ1v) is 10.5. The maximum Gasteiger partial charge on any atom is 0.252 e. The van der Waals surface area contributed by atoms with E-state index in [0.29, 0.717) is 30.1 Å². The summed E-state index contributed by atoms with van der Waals surface area (Å²) < 4.78 is 6.02. The van der Waals surface area contributed by atoms with Crippen LogP contribution in [0.25, 0.3) is 0 Å². The molecule has 1 aliphatic heterocycles. The van der Waals surface area contributed by atoms with Gasteiger partial charge in [-0.1, -0.05) is 19.9 Å². The van der Waals surface area contributed by atoms with E-state index in [1.807, 2.05) is 26.8 Å². The molecule has 0 saturated heterocycles. The number of hydrogen-bond acceptors (Lipinski definition) is 5. The van der Waals surface area contributed by atoms with Gasteiger partial charge in [0.15, 0.2) is 11.9 Å². The molecule has 152 valence electrons. The summed E-state index contributed by atoms with van der Waals surface area (Å²) in [5.41, 5.74) is 5.70. The van der Waals surface area contributed by atoms with E-state index in [4.69, 9.17) is 10.5 Å². The fourth-order valence-corrected chi connectivity index (χ4v) is 5.38. The molecule has 3 unspecified atom stereocenters. The maximum absolute atomic E-state index is 12.7. The van der Waals surface area contributed by atoms with Gasteiger partial charge in [-0.05, 0) is 56.7 Å². The minimum atomic E-state index is -1.09. The second-order valence-corrected chi connectivity index (χ2v) is 8.54. The number of carbonyl (C=O) groups excluding carboxylic acids is 2. The van der Waals surface area contributed by atoms with Crippen molar-refractivity contribution < 1.29 is 19.4 Å². The van der Waals surface area contributed by atoms with Crippen LogP contribution in [0.1, 0.15) is 67.9 Å². The lowest BCUT2D eigenvalue weighted by atomic mass is 9.53. The molecule has 4 atom stereocenters. The summed E-state index contributed by atoms with van der Waals surface area (Å²) in [5, 5.41) is 15.4. The predicted octanol–water partition coefficient (Wildman–Crippen LogP) is 1.85. The highest BCUT2D eigenvalue weighted by Gasteiger charge is 2.68. The Morgan fingerprint density at radius 2 is 2.07 bits per heavy atom. The average molecular weight is 386 g/mol. The van der Waals surface area contributed by atoms with Crippen molar-refractivity contribution in [2.45, 2.75) is 76.0 Å². The highest BCUT2D eigenvalue weighted by Crippen LogP contribution is 2.59. The van der Waals surface area contributed by atoms with Gasteiger partial charge in [0.25, 0.3) is 5.91 Å². The maximum atomic E-state index is 12.7. The molecule has 28 heavy (non-hydrogen) atoms. The van der Waals surface area contributed by atoms with Crippen molar-refractivity contribution in [3.63, 3.8) is 0 Å². The number of rotatable bonds is 4. The van der Waals surface area contributed by atoms with Gasteiger partial charge in [-0.25, -0.2) is 0 Å². The van der Waals surface area contributed by atoms with Crippen LogP contribution < -0.4 is 15.8 Å². The normalized spacial score (nSPS) is 34.8. The molecule has 5 rings (SSSR count). The minimum absolute atomic E-state index is 0.0161. The van der Waals surface area contributed by atoms with Crippen LogP contribution in [0.2, 0.25) is 0 Å². The number of Topliss-reactive ketones (excluding diaryl/α,β-unsaturated/α-hetero) is 1. The summed E-state index contributed by atoms with van der Waals surface area (Å²) in [6.45, 7) is 6.81. The van der Waals surface area contributed by atoms with Crippen LogP contribution >= 0.6 is 0 Å². The van der Waals surface area contributed by atoms with Crippen LogP contribution in [0, 0.1) is 5.92 Å². The van der Waals surface area contributed by atoms with Crippen molar-refractivity contribution in [2.75, 3.05) is 6.54 Å². The molecule has 1 amide bonds. The van der Waals surface area contributed by atoms with Gasteiger partial charge in [-0.15, -0.1) is 0 Å². The zero-order valence-corrected chi connectivity index (χ0v) is 16.9. The van der Waals surface area contributed by atoms with Crippen LogP contribution in [0.3, 0.4) is 0 Å². The standard InChI is InChI=1S/C20H24N2O4.C2H6/c1-19-15-11-4-5-12(18(21)24)16(15)26-17(19)13(23)6-7-20(19,25)14(8-11)22-9-10-2-3-10;1-2/h4-5,10,14,17,22,25H,2-3,6-9H2,1H3,(H2,21,24);1-2H3/t14?,17-,19?,20?;/m0./s1. The molecular formula is C22H30N2O4. The number of carbonyl (C=O) groups is 2. The first-order chi connectivity index (χ1) is 13.4. The van der Waals surface area contributed by atoms with Gasteiger partial charge in [-0.3, -0.25) is 9.59 Å². The Bertz CT molecular complexity index is 834. The second-order valence-electron chi connectivity index (χ2n) is 8.54. The lowest BCUT2D eigenvalue weighted by Crippen LogP contribution is -2.71. The van der Waals surface area contributed by atoms with Crippen LogP contribution in [0.4, 0.5) is 0 Å². The molecule has 2 fully saturated rings. The largest absolute Gasteiger partial charge is 0.480 e. The molecule has 1 aromatic carbocycles. The van der Waals surface area contributed by atoms with Crippen molar-refractivity contribution in [2.24, 2.45) is 11.7 Å². The first-order valence-electron chi connectivity index (χ1n) is 10.5. The molecular weight excluding hydrogens is 356 g/mol. The van der Waals surface area contributed by atoms with E-state index in [1.165, 1.54) is 12.8 Å². The molecule has 4 N–H and O–H groups in total. The molecule has 2 saturated carbocycles. The third-order valence-corrected chi connectivity index (χ3v) is 7.08. The van der Waals surface area contributed by atoms with Crippen molar-refractivity contribution in [1.29, 1.82) is 0 Å². The smallest absolute Gasteiger partial charge is 0.252 e. The van der Waals surface area contributed by atoms with Crippen LogP contribution in [0.15, 0.2) is 12.1 Å². The Balaban J connectivity index is 0.000000932. The predicted molar refractivity (Wildman–Crippen MR) is 105 cm³/mol. The first kappa shape index (κ1) is 19.4. The summed E-state index contributed by atoms with van der Waals surface area (Å²) >= 11 is 0. The zero-order chi connectivity index (χ0) is 20.3. The lowest BCUT2D eigenvalue weighted by molar-refractivity contribution is -0.155. The number of aliphatic hydroxyl groups is 1. The topological polar surface area (TPSA) is 102 Å². The van der Waals surface area contributed by atoms with Gasteiger partial charge in [-0.2, -0.15) is 0 Å². The highest BCUT2D eigenvalue weighted by atomic mass is 16.5. The van der Waals surface area contributed by atoms with Gasteiger partial charge in [0.1, 0.15) is 5.75 Å². The SMILES string of the molecule is CC.CC12c3c4ccc(C(N)=O)c3O[C@H]1C(=O)CCC2(O)C(NCC1CC1)C4. The number of hydrogen-bond donors (Lipinski definition) is 3. The number of ether oxygens (including phenoxy) is 1. The quantitative estimate of drug-likeness (QED) is 0.733. The van der Waals surface area contributed by atoms with Crippen LogP contribution in [0.5, 0.6) is 5.75 Å². The molecule has 0 aromatic heterocycles. The Labute approximate surface area is 165 Å². The Kier molecular flexibility index (Phi) is 4.55. The fourth-order valence-electron chi connectivity index (χ4n) is 5.38. The number of nitrogens with two attached hydrogens (primary N) is 1. The van der Waals surface area contributed by atoms with Crippen molar-refractivity contribution >= 4 is 11.7 Å². The number of amides is 1. The number of ketones is 1. The van der Waals surface area contributed by atoms with Crippen LogP contribution in [-0.2, 0) is 16.6 Å². The molecule has 0 radical (unpaired) electrons.